The highest BCUT2D eigenvalue weighted by atomic mass is 15.3. The van der Waals surface area contributed by atoms with E-state index in [9.17, 15) is 0 Å². The normalized spacial score (nSPS) is 10.2. The molecule has 0 fully saturated rings. The van der Waals surface area contributed by atoms with Crippen molar-refractivity contribution in [3.8, 4) is 0 Å². The molecular formula is C11H10N2. The van der Waals surface area contributed by atoms with Gasteiger partial charge in [-0.05, 0) is 11.1 Å². The minimum absolute atomic E-state index is 0.705. The Bertz CT molecular complexity index is 376. The van der Waals surface area contributed by atoms with Gasteiger partial charge in [0.15, 0.2) is 0 Å². The largest absolute Gasteiger partial charge is 0.268 e. The quantitative estimate of drug-likeness (QED) is 0.674. The van der Waals surface area contributed by atoms with Crippen LogP contribution in [0.2, 0.25) is 0 Å². The maximum Gasteiger partial charge on any atom is 0.0659 e. The first-order valence-corrected chi connectivity index (χ1v) is 4.16. The molecule has 0 spiro atoms. The summed E-state index contributed by atoms with van der Waals surface area (Å²) >= 11 is 0. The van der Waals surface area contributed by atoms with Crippen LogP contribution in [0.1, 0.15) is 11.1 Å². The number of benzene rings is 1. The molecule has 1 aromatic carbocycles. The molecule has 0 amide bonds. The zero-order chi connectivity index (χ0) is 9.10. The van der Waals surface area contributed by atoms with Crippen molar-refractivity contribution in [1.82, 2.24) is 9.78 Å². The van der Waals surface area contributed by atoms with Crippen LogP contribution in [0.15, 0.2) is 42.7 Å². The average molecular weight is 170 g/mol. The predicted molar refractivity (Wildman–Crippen MR) is 51.2 cm³/mol. The van der Waals surface area contributed by atoms with Crippen LogP contribution in [0.5, 0.6) is 0 Å². The Balaban J connectivity index is 2.15. The smallest absolute Gasteiger partial charge is 0.0659 e. The topological polar surface area (TPSA) is 17.8 Å². The maximum atomic E-state index is 5.55. The van der Waals surface area contributed by atoms with Gasteiger partial charge in [-0.1, -0.05) is 30.3 Å². The van der Waals surface area contributed by atoms with E-state index in [1.54, 1.807) is 6.20 Å². The van der Waals surface area contributed by atoms with E-state index in [1.165, 1.54) is 5.56 Å². The van der Waals surface area contributed by atoms with E-state index < -0.39 is 0 Å². The molecule has 0 aliphatic heterocycles. The second-order valence-corrected chi connectivity index (χ2v) is 2.96. The molecule has 1 aromatic heterocycles. The van der Waals surface area contributed by atoms with Gasteiger partial charge in [-0.2, -0.15) is 5.10 Å². The number of rotatable bonds is 2. The molecule has 2 heteroatoms. The summed E-state index contributed by atoms with van der Waals surface area (Å²) in [7, 11) is 0. The Morgan fingerprint density at radius 1 is 1.23 bits per heavy atom. The fourth-order valence-electron chi connectivity index (χ4n) is 1.24. The molecule has 0 aliphatic rings. The van der Waals surface area contributed by atoms with Crippen LogP contribution in [0.3, 0.4) is 0 Å². The summed E-state index contributed by atoms with van der Waals surface area (Å²) < 4.78 is 1.82. The molecule has 2 radical (unpaired) electrons. The van der Waals surface area contributed by atoms with Gasteiger partial charge in [0.1, 0.15) is 0 Å². The summed E-state index contributed by atoms with van der Waals surface area (Å²) in [6.45, 7) is 6.32. The molecule has 1 heterocycles. The second kappa shape index (κ2) is 3.44. The van der Waals surface area contributed by atoms with Crippen molar-refractivity contribution in [3.63, 3.8) is 0 Å². The molecular weight excluding hydrogens is 160 g/mol. The molecule has 0 unspecified atom stereocenters. The highest BCUT2D eigenvalue weighted by Crippen LogP contribution is 2.02. The molecule has 64 valence electrons. The monoisotopic (exact) mass is 170 g/mol. The number of hydrogen-bond acceptors (Lipinski definition) is 1. The molecule has 13 heavy (non-hydrogen) atoms. The van der Waals surface area contributed by atoms with Crippen LogP contribution in [0, 0.1) is 6.92 Å². The molecule has 0 N–H and O–H groups in total. The minimum atomic E-state index is 0.705. The van der Waals surface area contributed by atoms with Crippen molar-refractivity contribution < 1.29 is 0 Å². The summed E-state index contributed by atoms with van der Waals surface area (Å²) in [6, 6.07) is 10.2. The fraction of sp³-hybridized carbons (Fsp3) is 0.0909. The summed E-state index contributed by atoms with van der Waals surface area (Å²) in [6.07, 6.45) is 3.48. The van der Waals surface area contributed by atoms with Crippen molar-refractivity contribution in [2.24, 2.45) is 0 Å². The van der Waals surface area contributed by atoms with E-state index >= 15 is 0 Å². The zero-order valence-corrected chi connectivity index (χ0v) is 7.22. The van der Waals surface area contributed by atoms with Gasteiger partial charge < -0.3 is 0 Å². The molecule has 2 aromatic rings. The van der Waals surface area contributed by atoms with Crippen LogP contribution in [-0.4, -0.2) is 9.78 Å². The highest BCUT2D eigenvalue weighted by Gasteiger charge is 1.94. The van der Waals surface area contributed by atoms with E-state index in [-0.39, 0.29) is 0 Å². The van der Waals surface area contributed by atoms with E-state index in [0.29, 0.717) is 5.56 Å². The lowest BCUT2D eigenvalue weighted by molar-refractivity contribution is 0.687. The van der Waals surface area contributed by atoms with Crippen LogP contribution in [-0.2, 0) is 6.54 Å². The molecule has 2 rings (SSSR count). The first kappa shape index (κ1) is 8.05. The number of nitrogens with zero attached hydrogens (tertiary/aromatic N) is 2. The van der Waals surface area contributed by atoms with Crippen molar-refractivity contribution in [2.45, 2.75) is 6.54 Å². The van der Waals surface area contributed by atoms with Gasteiger partial charge >= 0.3 is 0 Å². The standard InChI is InChI=1S/C11H10N2/c1-10-7-12-13(8-10)9-11-5-3-2-4-6-11/h1-8H,9H2. The Labute approximate surface area is 77.8 Å². The highest BCUT2D eigenvalue weighted by molar-refractivity contribution is 5.16. The maximum absolute atomic E-state index is 5.55. The summed E-state index contributed by atoms with van der Waals surface area (Å²) in [5.74, 6) is 0. The van der Waals surface area contributed by atoms with Gasteiger partial charge in [-0.15, -0.1) is 0 Å². The third kappa shape index (κ3) is 1.96. The van der Waals surface area contributed by atoms with E-state index in [4.69, 9.17) is 6.92 Å². The summed E-state index contributed by atoms with van der Waals surface area (Å²) in [4.78, 5) is 0. The van der Waals surface area contributed by atoms with Crippen molar-refractivity contribution >= 4 is 0 Å². The third-order valence-corrected chi connectivity index (χ3v) is 1.84. The van der Waals surface area contributed by atoms with Crippen LogP contribution in [0.4, 0.5) is 0 Å². The lowest BCUT2D eigenvalue weighted by atomic mass is 10.2. The van der Waals surface area contributed by atoms with Gasteiger partial charge in [0.2, 0.25) is 0 Å². The molecule has 0 atom stereocenters. The van der Waals surface area contributed by atoms with Crippen molar-refractivity contribution in [2.75, 3.05) is 0 Å². The van der Waals surface area contributed by atoms with Gasteiger partial charge in [0.25, 0.3) is 0 Å². The van der Waals surface area contributed by atoms with Crippen molar-refractivity contribution in [3.05, 3.63) is 60.8 Å². The Kier molecular flexibility index (Phi) is 2.13. The van der Waals surface area contributed by atoms with Crippen LogP contribution >= 0.6 is 0 Å². The molecule has 0 aliphatic carbocycles. The second-order valence-electron chi connectivity index (χ2n) is 2.96. The van der Waals surface area contributed by atoms with E-state index in [2.05, 4.69) is 17.2 Å². The van der Waals surface area contributed by atoms with Gasteiger partial charge in [-0.3, -0.25) is 4.68 Å². The predicted octanol–water partition coefficient (Wildman–Crippen LogP) is 1.99. The Hall–Kier alpha value is -1.57. The Morgan fingerprint density at radius 3 is 2.62 bits per heavy atom. The Morgan fingerprint density at radius 2 is 2.00 bits per heavy atom. The lowest BCUT2D eigenvalue weighted by Gasteiger charge is -2.00. The lowest BCUT2D eigenvalue weighted by Crippen LogP contribution is -1.98. The first-order valence-electron chi connectivity index (χ1n) is 4.16. The summed E-state index contributed by atoms with van der Waals surface area (Å²) in [5, 5.41) is 4.10. The van der Waals surface area contributed by atoms with Gasteiger partial charge in [-0.25, -0.2) is 0 Å². The van der Waals surface area contributed by atoms with E-state index in [0.717, 1.165) is 6.54 Å². The number of aromatic nitrogens is 2. The third-order valence-electron chi connectivity index (χ3n) is 1.84. The zero-order valence-electron chi connectivity index (χ0n) is 7.22. The van der Waals surface area contributed by atoms with E-state index in [1.807, 2.05) is 29.1 Å². The van der Waals surface area contributed by atoms with Gasteiger partial charge in [0, 0.05) is 13.1 Å². The fourth-order valence-corrected chi connectivity index (χ4v) is 1.24. The van der Waals surface area contributed by atoms with Crippen LogP contribution < -0.4 is 0 Å². The molecule has 0 saturated heterocycles. The molecule has 0 saturated carbocycles. The first-order chi connectivity index (χ1) is 6.34. The summed E-state index contributed by atoms with van der Waals surface area (Å²) in [5.41, 5.74) is 1.93. The molecule has 0 bridgehead atoms. The minimum Gasteiger partial charge on any atom is -0.268 e. The SMILES string of the molecule is [CH]c1cnn(Cc2ccccc2)c1. The molecule has 2 nitrogen and oxygen atoms in total. The van der Waals surface area contributed by atoms with Crippen molar-refractivity contribution in [1.29, 1.82) is 0 Å². The van der Waals surface area contributed by atoms with Gasteiger partial charge in [0.05, 0.1) is 12.7 Å². The van der Waals surface area contributed by atoms with Crippen LogP contribution in [0.25, 0.3) is 0 Å². The average Bonchev–Trinajstić information content (AvgIpc) is 2.53. The number of hydrogen-bond donors (Lipinski definition) is 0.